The number of nitrogens with zero attached hydrogens (tertiary/aromatic N) is 1. The van der Waals surface area contributed by atoms with Crippen molar-refractivity contribution in [1.82, 2.24) is 0 Å². The molecule has 43 heavy (non-hydrogen) atoms. The summed E-state index contributed by atoms with van der Waals surface area (Å²) in [5.74, 6) is 0.474. The number of ether oxygens (including phenoxy) is 2. The van der Waals surface area contributed by atoms with E-state index in [0.29, 0.717) is 17.9 Å². The van der Waals surface area contributed by atoms with E-state index >= 15 is 0 Å². The first-order valence-corrected chi connectivity index (χ1v) is 17.5. The zero-order valence-corrected chi connectivity index (χ0v) is 26.1. The van der Waals surface area contributed by atoms with Crippen molar-refractivity contribution in [1.29, 1.82) is 5.26 Å². The molecule has 3 aromatic rings. The number of nitriles is 1. The van der Waals surface area contributed by atoms with Crippen molar-refractivity contribution in [3.8, 4) is 22.2 Å². The molecule has 5 rings (SSSR count). The molecule has 2 bridgehead atoms. The number of rotatable bonds is 13. The Balaban J connectivity index is 1.37. The molecule has 224 valence electrons. The van der Waals surface area contributed by atoms with E-state index in [1.54, 1.807) is 60.7 Å². The van der Waals surface area contributed by atoms with Crippen LogP contribution in [0.4, 0.5) is 5.69 Å². The van der Waals surface area contributed by atoms with Crippen molar-refractivity contribution < 1.29 is 32.0 Å². The minimum absolute atomic E-state index is 0.0259. The second-order valence-electron chi connectivity index (χ2n) is 10.3. The molecule has 3 unspecified atom stereocenters. The molecule has 2 N–H and O–H groups in total. The van der Waals surface area contributed by atoms with Crippen LogP contribution in [-0.2, 0) is 19.6 Å². The smallest absolute Gasteiger partial charge is 0.115 e. The molecule has 3 atom stereocenters. The second-order valence-corrected chi connectivity index (χ2v) is 13.9. The minimum atomic E-state index is -4.12. The van der Waals surface area contributed by atoms with E-state index in [0.717, 1.165) is 46.9 Å². The van der Waals surface area contributed by atoms with Gasteiger partial charge >= 0.3 is 123 Å². The summed E-state index contributed by atoms with van der Waals surface area (Å²) in [4.78, 5) is 14.7. The fourth-order valence-corrected chi connectivity index (χ4v) is 7.85. The molecule has 9 nitrogen and oxygen atoms in total. The number of fused-ring (bicyclic) bond motifs is 2. The number of hydrogen-bond acceptors (Lipinski definition) is 8. The summed E-state index contributed by atoms with van der Waals surface area (Å²) in [7, 11) is -2.67. The average Bonchev–Trinajstić information content (AvgIpc) is 3.60. The van der Waals surface area contributed by atoms with Gasteiger partial charge in [0, 0.05) is 6.42 Å². The Bertz CT molecular complexity index is 1630. The van der Waals surface area contributed by atoms with Crippen molar-refractivity contribution in [3.05, 3.63) is 83.9 Å². The van der Waals surface area contributed by atoms with Crippen LogP contribution in [0.2, 0.25) is 5.32 Å². The molecule has 2 aliphatic rings. The molecule has 1 amide bonds. The molecule has 2 aliphatic heterocycles. The Hall–Kier alpha value is -3.81. The van der Waals surface area contributed by atoms with Crippen molar-refractivity contribution in [2.75, 3.05) is 12.4 Å². The van der Waals surface area contributed by atoms with E-state index in [1.165, 1.54) is 7.11 Å². The maximum Gasteiger partial charge on any atom is 0.115 e. The van der Waals surface area contributed by atoms with Gasteiger partial charge in [-0.1, -0.05) is 24.3 Å². The van der Waals surface area contributed by atoms with E-state index in [-0.39, 0.29) is 38.8 Å². The summed E-state index contributed by atoms with van der Waals surface area (Å²) in [6.45, 7) is 0. The van der Waals surface area contributed by atoms with Crippen LogP contribution < -0.4 is 14.2 Å². The van der Waals surface area contributed by atoms with E-state index in [4.69, 9.17) is 18.9 Å². The summed E-state index contributed by atoms with van der Waals surface area (Å²) in [6.07, 6.45) is 1.99. The van der Waals surface area contributed by atoms with Gasteiger partial charge in [0.2, 0.25) is 0 Å². The largest absolute Gasteiger partial charge is 0.508 e. The standard InChI is InChI=1S/C32H32N2O7SSe/c1-39-25-7-4-5-8-26(25)41-42(37,38)28-19-27-30(21-12-16-24(35)17-13-21)31(32(28)40-27)22-10-14-23(15-11-22)34-29(36)9-3-2-6-18-43-20-33/h4-5,7-8,10-17,27-28,32,35H,2-3,6,9,18-19H2,1H3,(H,34,36). The third-order valence-corrected chi connectivity index (χ3v) is 10.4. The van der Waals surface area contributed by atoms with Gasteiger partial charge in [0.1, 0.15) is 17.1 Å². The maximum atomic E-state index is 13.6. The fraction of sp³-hybridized carbons (Fsp3) is 0.312. The van der Waals surface area contributed by atoms with Crippen LogP contribution in [0.15, 0.2) is 72.8 Å². The number of aromatic hydroxyl groups is 1. The number of amides is 1. The van der Waals surface area contributed by atoms with Gasteiger partial charge in [0.25, 0.3) is 0 Å². The van der Waals surface area contributed by atoms with Gasteiger partial charge in [-0.25, -0.2) is 0 Å². The summed E-state index contributed by atoms with van der Waals surface area (Å²) < 4.78 is 44.3. The van der Waals surface area contributed by atoms with E-state index in [2.05, 4.69) is 10.3 Å². The quantitative estimate of drug-likeness (QED) is 0.141. The van der Waals surface area contributed by atoms with Gasteiger partial charge < -0.3 is 18.8 Å². The first kappa shape index (κ1) is 30.6. The Morgan fingerprint density at radius 1 is 1.00 bits per heavy atom. The summed E-state index contributed by atoms with van der Waals surface area (Å²) in [6, 6.07) is 20.7. The second kappa shape index (κ2) is 13.7. The normalized spacial score (nSPS) is 19.2. The molecule has 0 aliphatic carbocycles. The van der Waals surface area contributed by atoms with Gasteiger partial charge in [0.15, 0.2) is 11.5 Å². The summed E-state index contributed by atoms with van der Waals surface area (Å²) in [5.41, 5.74) is 3.83. The molecule has 0 spiro atoms. The number of phenols is 1. The zero-order valence-electron chi connectivity index (χ0n) is 23.6. The number of para-hydroxylation sites is 2. The van der Waals surface area contributed by atoms with E-state index < -0.39 is 27.6 Å². The predicted octanol–water partition coefficient (Wildman–Crippen LogP) is 5.36. The number of anilines is 1. The minimum Gasteiger partial charge on any atom is -0.508 e. The Labute approximate surface area is 257 Å². The zero-order chi connectivity index (χ0) is 30.4. The number of unbranched alkanes of at least 4 members (excludes halogenated alkanes) is 2. The first-order valence-electron chi connectivity index (χ1n) is 14.0. The number of carbonyl (C=O) groups is 1. The monoisotopic (exact) mass is 668 g/mol. The van der Waals surface area contributed by atoms with Gasteiger partial charge in [-0.2, -0.15) is 8.42 Å². The number of phenolic OH excluding ortho intramolecular Hbond substituents is 1. The Morgan fingerprint density at radius 2 is 1.67 bits per heavy atom. The fourth-order valence-electron chi connectivity index (χ4n) is 5.51. The van der Waals surface area contributed by atoms with Gasteiger partial charge in [-0.15, -0.1) is 0 Å². The van der Waals surface area contributed by atoms with Crippen LogP contribution in [0.3, 0.4) is 0 Å². The Morgan fingerprint density at radius 3 is 2.37 bits per heavy atom. The van der Waals surface area contributed by atoms with Crippen molar-refractivity contribution in [2.24, 2.45) is 0 Å². The van der Waals surface area contributed by atoms with Crippen LogP contribution in [0.1, 0.15) is 43.2 Å². The molecule has 3 aromatic carbocycles. The van der Waals surface area contributed by atoms with Crippen LogP contribution in [-0.4, -0.2) is 59.0 Å². The van der Waals surface area contributed by atoms with Gasteiger partial charge in [-0.3, -0.25) is 0 Å². The van der Waals surface area contributed by atoms with Crippen LogP contribution in [0.25, 0.3) is 11.1 Å². The van der Waals surface area contributed by atoms with Gasteiger partial charge in [-0.05, 0) is 35.4 Å². The molecule has 11 heteroatoms. The molecule has 0 radical (unpaired) electrons. The van der Waals surface area contributed by atoms with Crippen molar-refractivity contribution >= 4 is 47.8 Å². The van der Waals surface area contributed by atoms with Crippen LogP contribution in [0.5, 0.6) is 17.2 Å². The summed E-state index contributed by atoms with van der Waals surface area (Å²) in [5, 5.41) is 21.4. The third-order valence-electron chi connectivity index (χ3n) is 7.51. The van der Waals surface area contributed by atoms with Crippen LogP contribution >= 0.6 is 0 Å². The third kappa shape index (κ3) is 7.06. The van der Waals surface area contributed by atoms with Crippen molar-refractivity contribution in [3.63, 3.8) is 0 Å². The molecule has 0 aromatic heterocycles. The van der Waals surface area contributed by atoms with E-state index in [1.807, 2.05) is 12.1 Å². The molecule has 2 heterocycles. The molecular weight excluding hydrogens is 635 g/mol. The molecule has 0 saturated carbocycles. The topological polar surface area (TPSA) is 135 Å². The van der Waals surface area contributed by atoms with Crippen molar-refractivity contribution in [2.45, 2.75) is 54.9 Å². The number of carbonyl (C=O) groups excluding carboxylic acids is 1. The number of benzene rings is 3. The molecule has 1 fully saturated rings. The van der Waals surface area contributed by atoms with Crippen LogP contribution in [0, 0.1) is 10.2 Å². The average molecular weight is 668 g/mol. The number of nitrogens with one attached hydrogen (secondary N) is 1. The maximum absolute atomic E-state index is 13.6. The number of hydrogen-bond donors (Lipinski definition) is 2. The molecular formula is C32H32N2O7SSe. The summed E-state index contributed by atoms with van der Waals surface area (Å²) >= 11 is 0.0259. The SMILES string of the molecule is COc1ccccc1OS(=O)(=O)C1CC2OC1C(c1ccc(NC(=O)CCCCC[Se]C#N)cc1)=C2c1ccc(O)cc1. The molecule has 1 saturated heterocycles. The Kier molecular flexibility index (Phi) is 9.73. The number of methoxy groups -OCH3 is 1. The predicted molar refractivity (Wildman–Crippen MR) is 164 cm³/mol. The van der Waals surface area contributed by atoms with Gasteiger partial charge in [0.05, 0.1) is 13.2 Å². The van der Waals surface area contributed by atoms with E-state index in [9.17, 15) is 18.3 Å². The first-order chi connectivity index (χ1) is 20.8.